The molecular formula is C10H20BrNO. The summed E-state index contributed by atoms with van der Waals surface area (Å²) < 4.78 is 0. The summed E-state index contributed by atoms with van der Waals surface area (Å²) in [7, 11) is 0. The predicted molar refractivity (Wildman–Crippen MR) is 59.2 cm³/mol. The van der Waals surface area contributed by atoms with E-state index in [0.29, 0.717) is 17.9 Å². The number of nitrogens with zero attached hydrogens (tertiary/aromatic N) is 1. The molecule has 0 saturated carbocycles. The van der Waals surface area contributed by atoms with Crippen molar-refractivity contribution in [2.45, 2.75) is 20.3 Å². The summed E-state index contributed by atoms with van der Waals surface area (Å²) in [6.45, 7) is 8.26. The van der Waals surface area contributed by atoms with Gasteiger partial charge in [0.1, 0.15) is 0 Å². The number of aliphatic hydroxyl groups excluding tert-OH is 1. The van der Waals surface area contributed by atoms with Crippen LogP contribution in [0.15, 0.2) is 0 Å². The van der Waals surface area contributed by atoms with Crippen molar-refractivity contribution in [3.8, 4) is 0 Å². The van der Waals surface area contributed by atoms with Gasteiger partial charge in [0, 0.05) is 25.0 Å². The molecule has 0 aromatic carbocycles. The first kappa shape index (κ1) is 11.5. The number of aliphatic hydroxyl groups is 1. The van der Waals surface area contributed by atoms with Crippen LogP contribution in [-0.2, 0) is 0 Å². The van der Waals surface area contributed by atoms with Gasteiger partial charge in [-0.2, -0.15) is 0 Å². The van der Waals surface area contributed by atoms with E-state index in [2.05, 4.69) is 34.7 Å². The molecule has 1 aliphatic rings. The Hall–Kier alpha value is 0.400. The van der Waals surface area contributed by atoms with Crippen LogP contribution in [-0.4, -0.2) is 41.6 Å². The minimum absolute atomic E-state index is 0.352. The minimum atomic E-state index is 0.352. The van der Waals surface area contributed by atoms with Crippen molar-refractivity contribution in [1.82, 2.24) is 4.90 Å². The van der Waals surface area contributed by atoms with E-state index in [4.69, 9.17) is 5.11 Å². The number of halogens is 1. The van der Waals surface area contributed by atoms with Crippen LogP contribution in [0.1, 0.15) is 20.3 Å². The average molecular weight is 250 g/mol. The third-order valence-electron chi connectivity index (χ3n) is 2.64. The van der Waals surface area contributed by atoms with Gasteiger partial charge in [-0.05, 0) is 24.3 Å². The normalized spacial score (nSPS) is 25.4. The fourth-order valence-corrected chi connectivity index (χ4v) is 2.03. The molecule has 0 aromatic heterocycles. The Morgan fingerprint density at radius 3 is 2.69 bits per heavy atom. The lowest BCUT2D eigenvalue weighted by molar-refractivity contribution is 0.197. The third kappa shape index (κ3) is 3.56. The maximum atomic E-state index is 9.00. The average Bonchev–Trinajstić information content (AvgIpc) is 2.52. The zero-order valence-electron chi connectivity index (χ0n) is 8.59. The van der Waals surface area contributed by atoms with E-state index in [1.54, 1.807) is 0 Å². The molecule has 0 bridgehead atoms. The van der Waals surface area contributed by atoms with Gasteiger partial charge in [-0.3, -0.25) is 0 Å². The van der Waals surface area contributed by atoms with Crippen LogP contribution in [0.2, 0.25) is 0 Å². The summed E-state index contributed by atoms with van der Waals surface area (Å²) in [6, 6.07) is 0. The lowest BCUT2D eigenvalue weighted by Gasteiger charge is -2.28. The molecule has 1 rings (SSSR count). The summed E-state index contributed by atoms with van der Waals surface area (Å²) in [4.78, 5) is 2.46. The van der Waals surface area contributed by atoms with Crippen LogP contribution in [0.25, 0.3) is 0 Å². The Bertz CT molecular complexity index is 161. The molecule has 1 N–H and O–H groups in total. The Morgan fingerprint density at radius 2 is 2.23 bits per heavy atom. The van der Waals surface area contributed by atoms with Crippen LogP contribution in [0, 0.1) is 11.3 Å². The topological polar surface area (TPSA) is 23.5 Å². The van der Waals surface area contributed by atoms with E-state index in [9.17, 15) is 0 Å². The maximum Gasteiger partial charge on any atom is 0.0471 e. The van der Waals surface area contributed by atoms with Crippen LogP contribution < -0.4 is 0 Å². The van der Waals surface area contributed by atoms with Crippen molar-refractivity contribution in [3.63, 3.8) is 0 Å². The highest BCUT2D eigenvalue weighted by molar-refractivity contribution is 9.09. The zero-order chi connectivity index (χ0) is 9.90. The molecule has 1 saturated heterocycles. The molecule has 1 fully saturated rings. The fraction of sp³-hybridized carbons (Fsp3) is 1.00. The van der Waals surface area contributed by atoms with Crippen molar-refractivity contribution in [2.75, 3.05) is 31.6 Å². The molecule has 0 aliphatic carbocycles. The SMILES string of the molecule is CC(C)(CBr)CN1CCC(CO)C1. The highest BCUT2D eigenvalue weighted by Gasteiger charge is 2.26. The smallest absolute Gasteiger partial charge is 0.0471 e. The quantitative estimate of drug-likeness (QED) is 0.768. The second-order valence-corrected chi connectivity index (χ2v) is 5.43. The van der Waals surface area contributed by atoms with Crippen molar-refractivity contribution in [1.29, 1.82) is 0 Å². The highest BCUT2D eigenvalue weighted by Crippen LogP contribution is 2.24. The Morgan fingerprint density at radius 1 is 1.54 bits per heavy atom. The van der Waals surface area contributed by atoms with Crippen molar-refractivity contribution in [3.05, 3.63) is 0 Å². The maximum absolute atomic E-state index is 9.00. The molecule has 0 amide bonds. The largest absolute Gasteiger partial charge is 0.396 e. The van der Waals surface area contributed by atoms with Crippen LogP contribution in [0.5, 0.6) is 0 Å². The second-order valence-electron chi connectivity index (χ2n) is 4.87. The molecule has 1 heterocycles. The standard InChI is InChI=1S/C10H20BrNO/c1-10(2,7-11)8-12-4-3-9(5-12)6-13/h9,13H,3-8H2,1-2H3. The minimum Gasteiger partial charge on any atom is -0.396 e. The summed E-state index contributed by atoms with van der Waals surface area (Å²) in [5.74, 6) is 0.520. The molecule has 0 aromatic rings. The van der Waals surface area contributed by atoms with E-state index < -0.39 is 0 Å². The molecule has 0 radical (unpaired) electrons. The van der Waals surface area contributed by atoms with Gasteiger partial charge in [0.05, 0.1) is 0 Å². The van der Waals surface area contributed by atoms with E-state index >= 15 is 0 Å². The number of hydrogen-bond acceptors (Lipinski definition) is 2. The van der Waals surface area contributed by atoms with Crippen molar-refractivity contribution < 1.29 is 5.11 Å². The molecule has 0 spiro atoms. The summed E-state index contributed by atoms with van der Waals surface area (Å²) in [5.41, 5.74) is 0.352. The fourth-order valence-electron chi connectivity index (χ4n) is 1.85. The second kappa shape index (κ2) is 4.76. The highest BCUT2D eigenvalue weighted by atomic mass is 79.9. The predicted octanol–water partition coefficient (Wildman–Crippen LogP) is 1.72. The van der Waals surface area contributed by atoms with Crippen LogP contribution >= 0.6 is 15.9 Å². The molecule has 1 unspecified atom stereocenters. The third-order valence-corrected chi connectivity index (χ3v) is 4.16. The van der Waals surface area contributed by atoms with Crippen LogP contribution in [0.4, 0.5) is 0 Å². The first-order valence-corrected chi connectivity index (χ1v) is 6.09. The monoisotopic (exact) mass is 249 g/mol. The molecule has 1 aliphatic heterocycles. The molecular weight excluding hydrogens is 230 g/mol. The van der Waals surface area contributed by atoms with E-state index in [0.717, 1.165) is 31.4 Å². The summed E-state index contributed by atoms with van der Waals surface area (Å²) in [5, 5.41) is 10.0. The lowest BCUT2D eigenvalue weighted by Crippen LogP contribution is -2.34. The molecule has 1 atom stereocenters. The van der Waals surface area contributed by atoms with Gasteiger partial charge in [-0.1, -0.05) is 29.8 Å². The number of likely N-dealkylation sites (tertiary alicyclic amines) is 1. The van der Waals surface area contributed by atoms with Gasteiger partial charge in [-0.25, -0.2) is 0 Å². The van der Waals surface area contributed by atoms with Gasteiger partial charge in [0.2, 0.25) is 0 Å². The van der Waals surface area contributed by atoms with Crippen molar-refractivity contribution in [2.24, 2.45) is 11.3 Å². The van der Waals surface area contributed by atoms with Crippen LogP contribution in [0.3, 0.4) is 0 Å². The first-order chi connectivity index (χ1) is 6.07. The van der Waals surface area contributed by atoms with E-state index in [1.165, 1.54) is 0 Å². The Kier molecular flexibility index (Phi) is 4.20. The summed E-state index contributed by atoms with van der Waals surface area (Å²) in [6.07, 6.45) is 1.16. The Balaban J connectivity index is 2.31. The van der Waals surface area contributed by atoms with Gasteiger partial charge in [0.25, 0.3) is 0 Å². The number of hydrogen-bond donors (Lipinski definition) is 1. The van der Waals surface area contributed by atoms with E-state index in [-0.39, 0.29) is 0 Å². The van der Waals surface area contributed by atoms with E-state index in [1.807, 2.05) is 0 Å². The molecule has 78 valence electrons. The zero-order valence-corrected chi connectivity index (χ0v) is 10.2. The first-order valence-electron chi connectivity index (χ1n) is 4.96. The van der Waals surface area contributed by atoms with Gasteiger partial charge >= 0.3 is 0 Å². The Labute approximate surface area is 89.4 Å². The molecule has 2 nitrogen and oxygen atoms in total. The van der Waals surface area contributed by atoms with Gasteiger partial charge < -0.3 is 10.0 Å². The summed E-state index contributed by atoms with van der Waals surface area (Å²) >= 11 is 3.53. The number of rotatable bonds is 4. The van der Waals surface area contributed by atoms with Gasteiger partial charge in [0.15, 0.2) is 0 Å². The number of alkyl halides is 1. The molecule has 3 heteroatoms. The molecule has 13 heavy (non-hydrogen) atoms. The lowest BCUT2D eigenvalue weighted by atomic mass is 9.96. The van der Waals surface area contributed by atoms with Crippen molar-refractivity contribution >= 4 is 15.9 Å². The van der Waals surface area contributed by atoms with Gasteiger partial charge in [-0.15, -0.1) is 0 Å².